The van der Waals surface area contributed by atoms with Crippen LogP contribution in [0.1, 0.15) is 59.8 Å². The lowest BCUT2D eigenvalue weighted by Crippen LogP contribution is -2.34. The highest BCUT2D eigenvalue weighted by Crippen LogP contribution is 2.31. The third kappa shape index (κ3) is 8.91. The molecule has 5 heteroatoms. The van der Waals surface area contributed by atoms with Crippen LogP contribution in [0.5, 0.6) is 0 Å². The van der Waals surface area contributed by atoms with Gasteiger partial charge >= 0.3 is 5.97 Å². The molecule has 0 saturated heterocycles. The molecule has 4 N–H and O–H groups in total. The second kappa shape index (κ2) is 8.95. The second-order valence-electron chi connectivity index (χ2n) is 6.58. The van der Waals surface area contributed by atoms with Gasteiger partial charge in [-0.25, -0.2) is 0 Å². The summed E-state index contributed by atoms with van der Waals surface area (Å²) in [6, 6.07) is -0.0961. The highest BCUT2D eigenvalue weighted by atomic mass is 16.4. The lowest BCUT2D eigenvalue weighted by Gasteiger charge is -2.30. The fraction of sp³-hybridized carbons (Fsp3) is 0.867. The summed E-state index contributed by atoms with van der Waals surface area (Å²) in [6.07, 6.45) is 2.76. The van der Waals surface area contributed by atoms with Crippen LogP contribution in [0.3, 0.4) is 0 Å². The van der Waals surface area contributed by atoms with E-state index in [4.69, 9.17) is 10.8 Å². The summed E-state index contributed by atoms with van der Waals surface area (Å²) in [5.74, 6) is -0.413. The van der Waals surface area contributed by atoms with Crippen molar-refractivity contribution in [2.45, 2.75) is 65.8 Å². The minimum absolute atomic E-state index is 0.00541. The van der Waals surface area contributed by atoms with Crippen molar-refractivity contribution >= 4 is 11.9 Å². The first kappa shape index (κ1) is 18.9. The van der Waals surface area contributed by atoms with Crippen LogP contribution in [0, 0.1) is 11.3 Å². The number of rotatable bonds is 9. The van der Waals surface area contributed by atoms with E-state index >= 15 is 0 Å². The van der Waals surface area contributed by atoms with Crippen LogP contribution >= 0.6 is 0 Å². The Morgan fingerprint density at radius 1 is 1.15 bits per heavy atom. The molecule has 0 aromatic carbocycles. The largest absolute Gasteiger partial charge is 0.481 e. The summed E-state index contributed by atoms with van der Waals surface area (Å²) in [5, 5.41) is 11.4. The number of carbonyl (C=O) groups excluding carboxylic acids is 1. The lowest BCUT2D eigenvalue weighted by molar-refractivity contribution is -0.137. The zero-order valence-electron chi connectivity index (χ0n) is 13.2. The van der Waals surface area contributed by atoms with E-state index in [1.165, 1.54) is 0 Å². The van der Waals surface area contributed by atoms with Gasteiger partial charge in [0, 0.05) is 18.9 Å². The van der Waals surface area contributed by atoms with Crippen molar-refractivity contribution < 1.29 is 14.7 Å². The van der Waals surface area contributed by atoms with Crippen LogP contribution in [-0.2, 0) is 9.59 Å². The van der Waals surface area contributed by atoms with Gasteiger partial charge in [-0.15, -0.1) is 0 Å². The minimum Gasteiger partial charge on any atom is -0.481 e. The topological polar surface area (TPSA) is 92.4 Å². The predicted molar refractivity (Wildman–Crippen MR) is 80.3 cm³/mol. The summed E-state index contributed by atoms with van der Waals surface area (Å²) >= 11 is 0. The zero-order valence-corrected chi connectivity index (χ0v) is 13.2. The van der Waals surface area contributed by atoms with Crippen LogP contribution < -0.4 is 11.1 Å². The van der Waals surface area contributed by atoms with Gasteiger partial charge in [-0.1, -0.05) is 20.8 Å². The van der Waals surface area contributed by atoms with E-state index in [0.29, 0.717) is 25.3 Å². The number of hydrogen-bond acceptors (Lipinski definition) is 3. The Morgan fingerprint density at radius 3 is 2.20 bits per heavy atom. The number of carboxylic acids is 1. The molecule has 0 aromatic heterocycles. The van der Waals surface area contributed by atoms with E-state index in [1.807, 2.05) is 6.92 Å². The van der Waals surface area contributed by atoms with Crippen molar-refractivity contribution in [2.24, 2.45) is 17.1 Å². The highest BCUT2D eigenvalue weighted by molar-refractivity contribution is 5.76. The Morgan fingerprint density at radius 2 is 1.75 bits per heavy atom. The normalized spacial score (nSPS) is 14.7. The molecule has 0 spiro atoms. The predicted octanol–water partition coefficient (Wildman–Crippen LogP) is 2.15. The average Bonchev–Trinajstić information content (AvgIpc) is 2.30. The van der Waals surface area contributed by atoms with Gasteiger partial charge in [0.05, 0.1) is 0 Å². The summed E-state index contributed by atoms with van der Waals surface area (Å²) < 4.78 is 0. The molecule has 118 valence electrons. The van der Waals surface area contributed by atoms with E-state index < -0.39 is 5.97 Å². The summed E-state index contributed by atoms with van der Waals surface area (Å²) in [4.78, 5) is 22.3. The summed E-state index contributed by atoms with van der Waals surface area (Å²) in [6.45, 7) is 8.97. The molecule has 0 aliphatic heterocycles. The fourth-order valence-electron chi connectivity index (χ4n) is 2.28. The quantitative estimate of drug-likeness (QED) is 0.605. The van der Waals surface area contributed by atoms with E-state index in [1.54, 1.807) is 0 Å². The van der Waals surface area contributed by atoms with Crippen LogP contribution in [0.15, 0.2) is 0 Å². The number of amides is 1. The van der Waals surface area contributed by atoms with Crippen molar-refractivity contribution in [3.8, 4) is 0 Å². The highest BCUT2D eigenvalue weighted by Gasteiger charge is 2.24. The molecular formula is C15H30N2O3. The smallest absolute Gasteiger partial charge is 0.303 e. The van der Waals surface area contributed by atoms with Crippen molar-refractivity contribution in [2.75, 3.05) is 6.54 Å². The Kier molecular flexibility index (Phi) is 8.46. The molecule has 0 saturated carbocycles. The van der Waals surface area contributed by atoms with E-state index in [-0.39, 0.29) is 23.8 Å². The lowest BCUT2D eigenvalue weighted by atomic mass is 9.76. The molecule has 5 nitrogen and oxygen atoms in total. The molecule has 0 fully saturated rings. The number of carboxylic acid groups (broad SMARTS) is 1. The summed E-state index contributed by atoms with van der Waals surface area (Å²) in [5.41, 5.74) is 5.77. The first-order valence-electron chi connectivity index (χ1n) is 7.38. The van der Waals surface area contributed by atoms with Gasteiger partial charge in [0.25, 0.3) is 0 Å². The number of nitrogens with two attached hydrogens (primary N) is 1. The maximum Gasteiger partial charge on any atom is 0.303 e. The van der Waals surface area contributed by atoms with Gasteiger partial charge in [0.1, 0.15) is 0 Å². The number of hydrogen-bond donors (Lipinski definition) is 3. The van der Waals surface area contributed by atoms with Crippen molar-refractivity contribution in [1.29, 1.82) is 0 Å². The molecule has 0 radical (unpaired) electrons. The molecule has 20 heavy (non-hydrogen) atoms. The summed E-state index contributed by atoms with van der Waals surface area (Å²) in [7, 11) is 0. The number of nitrogens with one attached hydrogen (secondary N) is 1. The molecule has 1 amide bonds. The second-order valence-corrected chi connectivity index (χ2v) is 6.58. The van der Waals surface area contributed by atoms with Gasteiger partial charge in [-0.3, -0.25) is 9.59 Å². The van der Waals surface area contributed by atoms with Gasteiger partial charge in [-0.2, -0.15) is 0 Å². The third-order valence-corrected chi connectivity index (χ3v) is 3.66. The fourth-order valence-corrected chi connectivity index (χ4v) is 2.28. The SMILES string of the molecule is CC(CCC(=O)O)NC(=O)CCC(CCN)C(C)(C)C. The monoisotopic (exact) mass is 286 g/mol. The van der Waals surface area contributed by atoms with Crippen LogP contribution in [0.2, 0.25) is 0 Å². The molecular weight excluding hydrogens is 256 g/mol. The minimum atomic E-state index is -0.832. The van der Waals surface area contributed by atoms with Crippen LogP contribution in [-0.4, -0.2) is 29.6 Å². The molecule has 0 aliphatic rings. The number of aliphatic carboxylic acids is 1. The standard InChI is InChI=1S/C15H30N2O3/c1-11(5-8-14(19)20)17-13(18)7-6-12(9-10-16)15(2,3)4/h11-12H,5-10,16H2,1-4H3,(H,17,18)(H,19,20). The molecule has 0 heterocycles. The maximum absolute atomic E-state index is 11.8. The Balaban J connectivity index is 4.10. The van der Waals surface area contributed by atoms with Crippen LogP contribution in [0.25, 0.3) is 0 Å². The van der Waals surface area contributed by atoms with Gasteiger partial charge in [-0.05, 0) is 44.1 Å². The van der Waals surface area contributed by atoms with E-state index in [2.05, 4.69) is 26.1 Å². The molecule has 0 aromatic rings. The van der Waals surface area contributed by atoms with Gasteiger partial charge in [0.15, 0.2) is 0 Å². The average molecular weight is 286 g/mol. The zero-order chi connectivity index (χ0) is 15.8. The first-order chi connectivity index (χ1) is 9.16. The maximum atomic E-state index is 11.8. The number of carbonyl (C=O) groups is 2. The molecule has 2 atom stereocenters. The molecule has 0 aliphatic carbocycles. The van der Waals surface area contributed by atoms with Crippen LogP contribution in [0.4, 0.5) is 0 Å². The van der Waals surface area contributed by atoms with Crippen molar-refractivity contribution in [1.82, 2.24) is 5.32 Å². The third-order valence-electron chi connectivity index (χ3n) is 3.66. The van der Waals surface area contributed by atoms with E-state index in [9.17, 15) is 9.59 Å². The first-order valence-corrected chi connectivity index (χ1v) is 7.38. The molecule has 0 rings (SSSR count). The molecule has 0 bridgehead atoms. The Bertz CT molecular complexity index is 311. The van der Waals surface area contributed by atoms with Gasteiger partial charge in [0.2, 0.25) is 5.91 Å². The van der Waals surface area contributed by atoms with Crippen molar-refractivity contribution in [3.63, 3.8) is 0 Å². The van der Waals surface area contributed by atoms with Gasteiger partial charge < -0.3 is 16.2 Å². The molecule has 2 unspecified atom stereocenters. The van der Waals surface area contributed by atoms with E-state index in [0.717, 1.165) is 12.8 Å². The van der Waals surface area contributed by atoms with Crippen molar-refractivity contribution in [3.05, 3.63) is 0 Å². The Labute approximate surface area is 122 Å². The Hall–Kier alpha value is -1.10.